The molecule has 0 aliphatic rings. The van der Waals surface area contributed by atoms with Gasteiger partial charge in [0.25, 0.3) is 0 Å². The average Bonchev–Trinajstić information content (AvgIpc) is 2.62. The lowest BCUT2D eigenvalue weighted by atomic mass is 10.2. The Morgan fingerprint density at radius 2 is 1.72 bits per heavy atom. The van der Waals surface area contributed by atoms with Crippen LogP contribution in [0.2, 0.25) is 5.02 Å². The van der Waals surface area contributed by atoms with Gasteiger partial charge in [0, 0.05) is 17.3 Å². The Morgan fingerprint density at radius 3 is 2.48 bits per heavy atom. The van der Waals surface area contributed by atoms with Crippen molar-refractivity contribution < 1.29 is 9.13 Å². The van der Waals surface area contributed by atoms with Crippen LogP contribution in [0.3, 0.4) is 0 Å². The summed E-state index contributed by atoms with van der Waals surface area (Å²) in [7, 11) is 0. The molecular weight excluding hydrogens is 339 g/mol. The molecule has 0 saturated heterocycles. The summed E-state index contributed by atoms with van der Waals surface area (Å²) in [5.74, 6) is -0.166. The number of nitrogens with one attached hydrogen (secondary N) is 2. The fourth-order valence-corrected chi connectivity index (χ4v) is 2.54. The summed E-state index contributed by atoms with van der Waals surface area (Å²) in [4.78, 5) is 0. The van der Waals surface area contributed by atoms with Crippen molar-refractivity contribution in [2.45, 2.75) is 13.2 Å². The van der Waals surface area contributed by atoms with E-state index in [1.165, 1.54) is 6.07 Å². The maximum absolute atomic E-state index is 14.2. The maximum Gasteiger partial charge on any atom is 0.165 e. The molecule has 0 aliphatic heterocycles. The van der Waals surface area contributed by atoms with Gasteiger partial charge in [-0.05, 0) is 47.5 Å². The molecule has 3 nitrogen and oxygen atoms in total. The number of hydrogen-bond acceptors (Lipinski definition) is 3. The molecule has 0 fully saturated rings. The quantitative estimate of drug-likeness (QED) is 0.572. The first-order valence-electron chi connectivity index (χ1n) is 7.90. The van der Waals surface area contributed by atoms with Gasteiger partial charge in [-0.1, -0.05) is 48.0 Å². The predicted octanol–water partition coefficient (Wildman–Crippen LogP) is 5.17. The topological polar surface area (TPSA) is 33.3 Å². The van der Waals surface area contributed by atoms with Crippen LogP contribution in [0.15, 0.2) is 72.8 Å². The van der Waals surface area contributed by atoms with Crippen LogP contribution in [0.5, 0.6) is 5.75 Å². The van der Waals surface area contributed by atoms with Gasteiger partial charge < -0.3 is 10.2 Å². The van der Waals surface area contributed by atoms with Gasteiger partial charge in [0.15, 0.2) is 11.6 Å². The van der Waals surface area contributed by atoms with Crippen LogP contribution in [0.25, 0.3) is 0 Å². The highest BCUT2D eigenvalue weighted by molar-refractivity contribution is 6.30. The van der Waals surface area contributed by atoms with Crippen LogP contribution in [0.1, 0.15) is 11.1 Å². The van der Waals surface area contributed by atoms with Crippen LogP contribution < -0.4 is 15.6 Å². The van der Waals surface area contributed by atoms with Crippen molar-refractivity contribution in [3.05, 3.63) is 94.8 Å². The molecule has 0 spiro atoms. The van der Waals surface area contributed by atoms with E-state index < -0.39 is 0 Å². The molecule has 0 radical (unpaired) electrons. The summed E-state index contributed by atoms with van der Waals surface area (Å²) in [6.45, 7) is 0.755. The Hall–Kier alpha value is -2.56. The molecule has 0 aromatic heterocycles. The highest BCUT2D eigenvalue weighted by Crippen LogP contribution is 2.20. The molecule has 0 bridgehead atoms. The van der Waals surface area contributed by atoms with Crippen LogP contribution in [0, 0.1) is 5.82 Å². The van der Waals surface area contributed by atoms with E-state index in [-0.39, 0.29) is 18.2 Å². The third-order valence-corrected chi connectivity index (χ3v) is 3.81. The van der Waals surface area contributed by atoms with Gasteiger partial charge in [-0.25, -0.2) is 9.82 Å². The SMILES string of the molecule is Fc1cc(CNNc2ccccc2)ccc1OCc1cccc(Cl)c1. The summed E-state index contributed by atoms with van der Waals surface area (Å²) in [5, 5.41) is 0.633. The van der Waals surface area contributed by atoms with Crippen molar-refractivity contribution in [2.75, 3.05) is 5.43 Å². The second kappa shape index (κ2) is 8.51. The van der Waals surface area contributed by atoms with Gasteiger partial charge in [-0.3, -0.25) is 0 Å². The van der Waals surface area contributed by atoms with Crippen LogP contribution in [-0.2, 0) is 13.2 Å². The van der Waals surface area contributed by atoms with E-state index in [4.69, 9.17) is 16.3 Å². The lowest BCUT2D eigenvalue weighted by Gasteiger charge is -2.11. The van der Waals surface area contributed by atoms with E-state index in [1.54, 1.807) is 18.2 Å². The van der Waals surface area contributed by atoms with Crippen LogP contribution in [-0.4, -0.2) is 0 Å². The van der Waals surface area contributed by atoms with Crippen molar-refractivity contribution in [1.29, 1.82) is 0 Å². The van der Waals surface area contributed by atoms with Crippen LogP contribution in [0.4, 0.5) is 10.1 Å². The number of hydrogen-bond donors (Lipinski definition) is 2. The van der Waals surface area contributed by atoms with Gasteiger partial charge in [0.05, 0.1) is 0 Å². The molecule has 3 aromatic rings. The number of ether oxygens (including phenoxy) is 1. The largest absolute Gasteiger partial charge is 0.486 e. The van der Waals surface area contributed by atoms with E-state index >= 15 is 0 Å². The summed E-state index contributed by atoms with van der Waals surface area (Å²) in [5.41, 5.74) is 8.78. The number of para-hydroxylation sites is 1. The molecule has 0 aliphatic carbocycles. The van der Waals surface area contributed by atoms with Crippen molar-refractivity contribution in [1.82, 2.24) is 5.43 Å². The first-order chi connectivity index (χ1) is 12.2. The highest BCUT2D eigenvalue weighted by atomic mass is 35.5. The van der Waals surface area contributed by atoms with Gasteiger partial charge in [0.2, 0.25) is 0 Å². The summed E-state index contributed by atoms with van der Waals surface area (Å²) >= 11 is 5.93. The molecular formula is C20H18ClFN2O. The molecule has 0 amide bonds. The molecule has 2 N–H and O–H groups in total. The fourth-order valence-electron chi connectivity index (χ4n) is 2.33. The lowest BCUT2D eigenvalue weighted by molar-refractivity contribution is 0.290. The maximum atomic E-state index is 14.2. The normalized spacial score (nSPS) is 10.5. The van der Waals surface area contributed by atoms with E-state index in [0.29, 0.717) is 11.6 Å². The molecule has 5 heteroatoms. The molecule has 3 aromatic carbocycles. The number of halogens is 2. The Labute approximate surface area is 151 Å². The zero-order chi connectivity index (χ0) is 17.5. The predicted molar refractivity (Wildman–Crippen MR) is 99.1 cm³/mol. The van der Waals surface area contributed by atoms with Crippen molar-refractivity contribution >= 4 is 17.3 Å². The zero-order valence-corrected chi connectivity index (χ0v) is 14.3. The third-order valence-electron chi connectivity index (χ3n) is 3.58. The standard InChI is InChI=1S/C20H18ClFN2O/c21-17-6-4-5-16(11-17)14-25-20-10-9-15(12-19(20)22)13-23-24-18-7-2-1-3-8-18/h1-12,23-24H,13-14H2. The third kappa shape index (κ3) is 5.21. The highest BCUT2D eigenvalue weighted by Gasteiger charge is 2.06. The lowest BCUT2D eigenvalue weighted by Crippen LogP contribution is -2.20. The van der Waals surface area contributed by atoms with Crippen molar-refractivity contribution in [3.8, 4) is 5.75 Å². The smallest absolute Gasteiger partial charge is 0.165 e. The number of rotatable bonds is 7. The Morgan fingerprint density at radius 1 is 0.880 bits per heavy atom. The fraction of sp³-hybridized carbons (Fsp3) is 0.100. The van der Waals surface area contributed by atoms with Gasteiger partial charge in [0.1, 0.15) is 6.61 Å². The molecule has 3 rings (SSSR count). The average molecular weight is 357 g/mol. The Kier molecular flexibility index (Phi) is 5.88. The first kappa shape index (κ1) is 17.3. The summed E-state index contributed by atoms with van der Waals surface area (Å²) in [6.07, 6.45) is 0. The van der Waals surface area contributed by atoms with Gasteiger partial charge >= 0.3 is 0 Å². The van der Waals surface area contributed by atoms with Gasteiger partial charge in [-0.15, -0.1) is 0 Å². The minimum Gasteiger partial charge on any atom is -0.486 e. The van der Waals surface area contributed by atoms with E-state index in [9.17, 15) is 4.39 Å². The van der Waals surface area contributed by atoms with E-state index in [2.05, 4.69) is 10.9 Å². The van der Waals surface area contributed by atoms with Gasteiger partial charge in [-0.2, -0.15) is 0 Å². The second-order valence-electron chi connectivity index (χ2n) is 5.53. The van der Waals surface area contributed by atoms with Crippen molar-refractivity contribution in [3.63, 3.8) is 0 Å². The van der Waals surface area contributed by atoms with Crippen molar-refractivity contribution in [2.24, 2.45) is 0 Å². The summed E-state index contributed by atoms with van der Waals surface area (Å²) < 4.78 is 19.7. The number of benzene rings is 3. The monoisotopic (exact) mass is 356 g/mol. The van der Waals surface area contributed by atoms with Crippen LogP contribution >= 0.6 is 11.6 Å². The number of anilines is 1. The minimum absolute atomic E-state index is 0.222. The zero-order valence-electron chi connectivity index (χ0n) is 13.5. The van der Waals surface area contributed by atoms with E-state index in [1.807, 2.05) is 48.5 Å². The molecule has 0 saturated carbocycles. The molecule has 0 atom stereocenters. The van der Waals surface area contributed by atoms with E-state index in [0.717, 1.165) is 16.8 Å². The molecule has 0 unspecified atom stereocenters. The molecule has 128 valence electrons. The number of hydrazine groups is 1. The Bertz CT molecular complexity index is 827. The molecule has 0 heterocycles. The second-order valence-corrected chi connectivity index (χ2v) is 5.96. The minimum atomic E-state index is -0.388. The summed E-state index contributed by atoms with van der Waals surface area (Å²) in [6, 6.07) is 22.0. The first-order valence-corrected chi connectivity index (χ1v) is 8.28. The Balaban J connectivity index is 1.53. The molecule has 25 heavy (non-hydrogen) atoms.